The minimum absolute atomic E-state index is 0.0568. The van der Waals surface area contributed by atoms with Gasteiger partial charge in [0.05, 0.1) is 16.9 Å². The lowest BCUT2D eigenvalue weighted by atomic mass is 10.1. The minimum Gasteiger partial charge on any atom is -0.550 e. The monoisotopic (exact) mass is 389 g/mol. The van der Waals surface area contributed by atoms with E-state index in [2.05, 4.69) is 0 Å². The molecule has 1 aromatic carbocycles. The fourth-order valence-corrected chi connectivity index (χ4v) is 3.82. The zero-order valence-electron chi connectivity index (χ0n) is 13.8. The summed E-state index contributed by atoms with van der Waals surface area (Å²) in [4.78, 5) is 35.7. The van der Waals surface area contributed by atoms with Gasteiger partial charge in [0.15, 0.2) is 0 Å². The predicted molar refractivity (Wildman–Crippen MR) is 98.2 cm³/mol. The highest BCUT2D eigenvalue weighted by molar-refractivity contribution is 8.26. The van der Waals surface area contributed by atoms with Crippen molar-refractivity contribution in [3.8, 4) is 0 Å². The second kappa shape index (κ2) is 8.77. The maximum atomic E-state index is 12.6. The second-order valence-electron chi connectivity index (χ2n) is 5.60. The first-order valence-electron chi connectivity index (χ1n) is 7.70. The lowest BCUT2D eigenvalue weighted by molar-refractivity contribution is -0.311. The molecule has 1 aliphatic heterocycles. The van der Waals surface area contributed by atoms with Gasteiger partial charge in [-0.15, -0.1) is 0 Å². The van der Waals surface area contributed by atoms with E-state index in [0.29, 0.717) is 0 Å². The molecule has 0 aliphatic carbocycles. The Morgan fingerprint density at radius 3 is 2.50 bits per heavy atom. The van der Waals surface area contributed by atoms with E-state index in [9.17, 15) is 24.6 Å². The number of aliphatic carboxylic acids is 2. The number of benzene rings is 1. The van der Waals surface area contributed by atoms with Crippen molar-refractivity contribution in [2.75, 3.05) is 0 Å². The maximum Gasteiger partial charge on any atom is 0.266 e. The second-order valence-corrected chi connectivity index (χ2v) is 7.27. The highest BCUT2D eigenvalue weighted by Crippen LogP contribution is 2.34. The van der Waals surface area contributed by atoms with Crippen molar-refractivity contribution in [3.05, 3.63) is 52.4 Å². The van der Waals surface area contributed by atoms with Crippen molar-refractivity contribution >= 4 is 52.2 Å². The largest absolute Gasteiger partial charge is 0.550 e. The van der Waals surface area contributed by atoms with E-state index in [4.69, 9.17) is 12.2 Å². The molecular weight excluding hydrogens is 374 g/mol. The topological polar surface area (TPSA) is 101 Å². The van der Waals surface area contributed by atoms with Crippen molar-refractivity contribution in [1.29, 1.82) is 0 Å². The average Bonchev–Trinajstić information content (AvgIpc) is 2.83. The molecule has 0 spiro atoms. The third-order valence-electron chi connectivity index (χ3n) is 3.58. The lowest BCUT2D eigenvalue weighted by Crippen LogP contribution is -2.50. The molecule has 1 amide bonds. The first kappa shape index (κ1) is 19.9. The highest BCUT2D eigenvalue weighted by Gasteiger charge is 2.37. The molecule has 136 valence electrons. The van der Waals surface area contributed by atoms with E-state index in [0.717, 1.165) is 27.8 Å². The van der Waals surface area contributed by atoms with E-state index in [1.165, 1.54) is 0 Å². The first-order valence-corrected chi connectivity index (χ1v) is 8.93. The molecule has 8 heteroatoms. The Morgan fingerprint density at radius 1 is 1.27 bits per heavy atom. The number of hydrogen-bond acceptors (Lipinski definition) is 7. The Balaban J connectivity index is 2.22. The van der Waals surface area contributed by atoms with Crippen molar-refractivity contribution in [1.82, 2.24) is 4.90 Å². The molecule has 0 N–H and O–H groups in total. The Morgan fingerprint density at radius 2 is 1.92 bits per heavy atom. The van der Waals surface area contributed by atoms with Gasteiger partial charge in [0, 0.05) is 5.97 Å². The van der Waals surface area contributed by atoms with E-state index >= 15 is 0 Å². The quantitative estimate of drug-likeness (QED) is 0.494. The van der Waals surface area contributed by atoms with Crippen LogP contribution in [0.5, 0.6) is 0 Å². The van der Waals surface area contributed by atoms with Gasteiger partial charge in [-0.05, 0) is 37.0 Å². The molecule has 0 radical (unpaired) electrons. The molecule has 26 heavy (non-hydrogen) atoms. The first-order chi connectivity index (χ1) is 12.3. The summed E-state index contributed by atoms with van der Waals surface area (Å²) >= 11 is 6.08. The number of hydrogen-bond donors (Lipinski definition) is 0. The summed E-state index contributed by atoms with van der Waals surface area (Å²) in [6.45, 7) is 1.81. The van der Waals surface area contributed by atoms with Gasteiger partial charge in [-0.2, -0.15) is 0 Å². The predicted octanol–water partition coefficient (Wildman–Crippen LogP) is 0.483. The van der Waals surface area contributed by atoms with Crippen LogP contribution in [0.2, 0.25) is 0 Å². The van der Waals surface area contributed by atoms with Crippen LogP contribution in [0.25, 0.3) is 6.08 Å². The Kier molecular flexibility index (Phi) is 6.70. The number of thiocarbonyl (C=S) groups is 1. The summed E-state index contributed by atoms with van der Waals surface area (Å²) in [5, 5.41) is 21.9. The fraction of sp³-hybridized carbons (Fsp3) is 0.222. The standard InChI is InChI=1S/C18H17NO5S2/c1-11(9-12-5-3-2-4-6-12)10-14-16(22)19(18(25)26-14)13(17(23)24)7-8-15(20)21/h2-6,9-10,13H,7-8H2,1H3,(H,20,21)(H,23,24)/p-2/b11-9+,14-10-/t13-/m0/s1. The molecule has 1 aliphatic rings. The Bertz CT molecular complexity index is 801. The summed E-state index contributed by atoms with van der Waals surface area (Å²) in [6, 6.07) is 8.05. The van der Waals surface area contributed by atoms with Gasteiger partial charge >= 0.3 is 0 Å². The van der Waals surface area contributed by atoms with Gasteiger partial charge in [0.25, 0.3) is 5.91 Å². The molecule has 1 heterocycles. The van der Waals surface area contributed by atoms with Crippen molar-refractivity contribution in [2.45, 2.75) is 25.8 Å². The zero-order valence-corrected chi connectivity index (χ0v) is 15.5. The van der Waals surface area contributed by atoms with E-state index in [1.807, 2.05) is 43.3 Å². The molecule has 2 rings (SSSR count). The summed E-state index contributed by atoms with van der Waals surface area (Å²) < 4.78 is 0.0568. The van der Waals surface area contributed by atoms with Gasteiger partial charge < -0.3 is 19.8 Å². The number of allylic oxidation sites excluding steroid dienone is 2. The number of amides is 1. The van der Waals surface area contributed by atoms with Crippen LogP contribution in [0, 0.1) is 0 Å². The van der Waals surface area contributed by atoms with Crippen LogP contribution in [-0.2, 0) is 14.4 Å². The van der Waals surface area contributed by atoms with Gasteiger partial charge in [-0.25, -0.2) is 0 Å². The summed E-state index contributed by atoms with van der Waals surface area (Å²) in [7, 11) is 0. The van der Waals surface area contributed by atoms with Crippen LogP contribution in [0.4, 0.5) is 0 Å². The Hall–Kier alpha value is -2.45. The molecule has 0 bridgehead atoms. The SMILES string of the molecule is CC(/C=C1\SC(=S)N([C@@H](CCC(=O)[O-])C(=O)[O-])C1=O)=C\c1ccccc1. The summed E-state index contributed by atoms with van der Waals surface area (Å²) in [6.07, 6.45) is 2.65. The molecule has 1 atom stereocenters. The number of carbonyl (C=O) groups is 3. The molecule has 1 aromatic rings. The lowest BCUT2D eigenvalue weighted by Gasteiger charge is -2.27. The number of nitrogens with zero attached hydrogens (tertiary/aromatic N) is 1. The van der Waals surface area contributed by atoms with E-state index in [-0.39, 0.29) is 15.6 Å². The van der Waals surface area contributed by atoms with Gasteiger partial charge in [-0.1, -0.05) is 60.4 Å². The van der Waals surface area contributed by atoms with Crippen molar-refractivity contribution in [3.63, 3.8) is 0 Å². The third kappa shape index (κ3) is 5.03. The number of carbonyl (C=O) groups excluding carboxylic acids is 3. The summed E-state index contributed by atoms with van der Waals surface area (Å²) in [5.74, 6) is -3.53. The number of thioether (sulfide) groups is 1. The Labute approximate surface area is 160 Å². The maximum absolute atomic E-state index is 12.6. The molecule has 0 unspecified atom stereocenters. The van der Waals surface area contributed by atoms with E-state index in [1.54, 1.807) is 6.08 Å². The van der Waals surface area contributed by atoms with Crippen LogP contribution in [-0.4, -0.2) is 33.1 Å². The van der Waals surface area contributed by atoms with Crippen LogP contribution in [0.3, 0.4) is 0 Å². The molecule has 1 fully saturated rings. The highest BCUT2D eigenvalue weighted by atomic mass is 32.2. The number of carboxylic acid groups (broad SMARTS) is 2. The molecule has 0 saturated carbocycles. The molecule has 0 aromatic heterocycles. The minimum atomic E-state index is -1.56. The normalized spacial score (nSPS) is 17.7. The smallest absolute Gasteiger partial charge is 0.266 e. The van der Waals surface area contributed by atoms with Crippen molar-refractivity contribution in [2.24, 2.45) is 0 Å². The van der Waals surface area contributed by atoms with Gasteiger partial charge in [-0.3, -0.25) is 9.69 Å². The third-order valence-corrected chi connectivity index (χ3v) is 4.91. The van der Waals surface area contributed by atoms with Gasteiger partial charge in [0.2, 0.25) is 0 Å². The van der Waals surface area contributed by atoms with Crippen LogP contribution < -0.4 is 10.2 Å². The molecular formula is C18H15NO5S2-2. The average molecular weight is 389 g/mol. The van der Waals surface area contributed by atoms with Crippen LogP contribution in [0.1, 0.15) is 25.3 Å². The zero-order chi connectivity index (χ0) is 19.3. The van der Waals surface area contributed by atoms with Crippen molar-refractivity contribution < 1.29 is 24.6 Å². The number of rotatable bonds is 7. The van der Waals surface area contributed by atoms with E-state index < -0.39 is 30.3 Å². The van der Waals surface area contributed by atoms with Crippen LogP contribution >= 0.6 is 24.0 Å². The van der Waals surface area contributed by atoms with Crippen LogP contribution in [0.15, 0.2) is 46.9 Å². The van der Waals surface area contributed by atoms with Gasteiger partial charge in [0.1, 0.15) is 4.32 Å². The number of carboxylic acids is 2. The fourth-order valence-electron chi connectivity index (χ4n) is 2.42. The molecule has 6 nitrogen and oxygen atoms in total. The summed E-state index contributed by atoms with van der Waals surface area (Å²) in [5.41, 5.74) is 1.75. The molecule has 1 saturated heterocycles.